The molecule has 0 amide bonds. The SMILES string of the molecule is c1ccc(-c2nc(-c3ccc4ccc5c(c4c3)-c3ccccc3C5(c3ccccc3)c3ccccc3)nc(-c3cccc4c3ccc3ccccc34)n2)cc1. The van der Waals surface area contributed by atoms with Crippen LogP contribution in [0.2, 0.25) is 0 Å². The quantitative estimate of drug-likeness (QED) is 0.168. The summed E-state index contributed by atoms with van der Waals surface area (Å²) in [4.78, 5) is 15.6. The molecule has 0 atom stereocenters. The van der Waals surface area contributed by atoms with E-state index in [9.17, 15) is 0 Å². The Morgan fingerprint density at radius 3 is 1.65 bits per heavy atom. The van der Waals surface area contributed by atoms with Crippen LogP contribution in [0.4, 0.5) is 0 Å². The summed E-state index contributed by atoms with van der Waals surface area (Å²) in [6, 6.07) is 71.7. The van der Waals surface area contributed by atoms with Crippen LogP contribution < -0.4 is 0 Å². The first kappa shape index (κ1) is 31.3. The Bertz CT molecular complexity index is 3040. The maximum atomic E-state index is 5.28. The van der Waals surface area contributed by atoms with Gasteiger partial charge in [0.15, 0.2) is 17.5 Å². The zero-order valence-electron chi connectivity index (χ0n) is 29.9. The van der Waals surface area contributed by atoms with E-state index in [4.69, 9.17) is 15.0 Å². The van der Waals surface area contributed by atoms with Crippen molar-refractivity contribution in [3.63, 3.8) is 0 Å². The van der Waals surface area contributed by atoms with Gasteiger partial charge < -0.3 is 0 Å². The largest absolute Gasteiger partial charge is 0.208 e. The lowest BCUT2D eigenvalue weighted by atomic mass is 9.67. The Balaban J connectivity index is 1.17. The van der Waals surface area contributed by atoms with Gasteiger partial charge in [-0.25, -0.2) is 15.0 Å². The van der Waals surface area contributed by atoms with E-state index in [2.05, 4.69) is 182 Å². The molecule has 3 heteroatoms. The van der Waals surface area contributed by atoms with E-state index in [1.54, 1.807) is 0 Å². The van der Waals surface area contributed by atoms with Crippen molar-refractivity contribution >= 4 is 32.3 Å². The highest BCUT2D eigenvalue weighted by molar-refractivity contribution is 6.11. The van der Waals surface area contributed by atoms with Crippen molar-refractivity contribution in [2.24, 2.45) is 0 Å². The van der Waals surface area contributed by atoms with Crippen LogP contribution in [-0.4, -0.2) is 15.0 Å². The molecule has 0 aliphatic heterocycles. The number of hydrogen-bond donors (Lipinski definition) is 0. The molecule has 0 saturated carbocycles. The van der Waals surface area contributed by atoms with E-state index in [-0.39, 0.29) is 0 Å². The summed E-state index contributed by atoms with van der Waals surface area (Å²) in [5.41, 5.74) is 9.97. The van der Waals surface area contributed by atoms with Gasteiger partial charge in [0.25, 0.3) is 0 Å². The fraction of sp³-hybridized carbons (Fsp3) is 0.0192. The molecule has 0 saturated heterocycles. The summed E-state index contributed by atoms with van der Waals surface area (Å²) in [5, 5.41) is 7.07. The van der Waals surface area contributed by atoms with Gasteiger partial charge in [-0.05, 0) is 71.8 Å². The Kier molecular flexibility index (Phi) is 7.08. The lowest BCUT2D eigenvalue weighted by Crippen LogP contribution is -2.28. The van der Waals surface area contributed by atoms with Gasteiger partial charge in [0.1, 0.15) is 0 Å². The molecule has 3 nitrogen and oxygen atoms in total. The summed E-state index contributed by atoms with van der Waals surface area (Å²) >= 11 is 0. The van der Waals surface area contributed by atoms with E-state index in [1.807, 2.05) is 18.2 Å². The summed E-state index contributed by atoms with van der Waals surface area (Å²) in [6.07, 6.45) is 0. The predicted octanol–water partition coefficient (Wildman–Crippen LogP) is 12.7. The van der Waals surface area contributed by atoms with Crippen molar-refractivity contribution < 1.29 is 0 Å². The van der Waals surface area contributed by atoms with Gasteiger partial charge in [-0.15, -0.1) is 0 Å². The van der Waals surface area contributed by atoms with Crippen LogP contribution in [-0.2, 0) is 5.41 Å². The van der Waals surface area contributed by atoms with Gasteiger partial charge >= 0.3 is 0 Å². The second-order valence-corrected chi connectivity index (χ2v) is 14.3. The van der Waals surface area contributed by atoms with Crippen molar-refractivity contribution in [3.05, 3.63) is 222 Å². The van der Waals surface area contributed by atoms with Crippen LogP contribution >= 0.6 is 0 Å². The fourth-order valence-electron chi connectivity index (χ4n) is 8.98. The van der Waals surface area contributed by atoms with Crippen LogP contribution in [0.3, 0.4) is 0 Å². The number of benzene rings is 9. The fourth-order valence-corrected chi connectivity index (χ4v) is 8.98. The molecule has 0 unspecified atom stereocenters. The number of fused-ring (bicyclic) bond motifs is 8. The molecule has 256 valence electrons. The highest BCUT2D eigenvalue weighted by Gasteiger charge is 2.46. The molecule has 1 heterocycles. The summed E-state index contributed by atoms with van der Waals surface area (Å²) in [5.74, 6) is 1.94. The van der Waals surface area contributed by atoms with Crippen molar-refractivity contribution in [2.75, 3.05) is 0 Å². The molecule has 0 spiro atoms. The third-order valence-electron chi connectivity index (χ3n) is 11.4. The minimum atomic E-state index is -0.474. The number of nitrogens with zero attached hydrogens (tertiary/aromatic N) is 3. The van der Waals surface area contributed by atoms with Crippen molar-refractivity contribution in [1.29, 1.82) is 0 Å². The third-order valence-corrected chi connectivity index (χ3v) is 11.4. The van der Waals surface area contributed by atoms with E-state index >= 15 is 0 Å². The van der Waals surface area contributed by atoms with Crippen molar-refractivity contribution in [2.45, 2.75) is 5.41 Å². The van der Waals surface area contributed by atoms with Crippen molar-refractivity contribution in [1.82, 2.24) is 15.0 Å². The van der Waals surface area contributed by atoms with Gasteiger partial charge in [0.2, 0.25) is 0 Å². The average Bonchev–Trinajstić information content (AvgIpc) is 3.58. The minimum absolute atomic E-state index is 0.474. The summed E-state index contributed by atoms with van der Waals surface area (Å²) in [6.45, 7) is 0. The van der Waals surface area contributed by atoms with E-state index < -0.39 is 5.41 Å². The van der Waals surface area contributed by atoms with Crippen molar-refractivity contribution in [3.8, 4) is 45.3 Å². The maximum Gasteiger partial charge on any atom is 0.164 e. The van der Waals surface area contributed by atoms with Gasteiger partial charge in [-0.3, -0.25) is 0 Å². The lowest BCUT2D eigenvalue weighted by Gasteiger charge is -2.33. The Labute approximate surface area is 319 Å². The van der Waals surface area contributed by atoms with E-state index in [0.29, 0.717) is 17.5 Å². The summed E-state index contributed by atoms with van der Waals surface area (Å²) < 4.78 is 0. The zero-order chi connectivity index (χ0) is 36.3. The molecule has 10 aromatic rings. The molecule has 0 fully saturated rings. The highest BCUT2D eigenvalue weighted by atomic mass is 15.0. The van der Waals surface area contributed by atoms with Crippen LogP contribution in [0.5, 0.6) is 0 Å². The average molecular weight is 700 g/mol. The molecule has 11 rings (SSSR count). The topological polar surface area (TPSA) is 38.7 Å². The Hall–Kier alpha value is -7.23. The second kappa shape index (κ2) is 12.4. The van der Waals surface area contributed by atoms with Crippen LogP contribution in [0.25, 0.3) is 77.6 Å². The standard InChI is InChI=1S/C52H33N3/c1-4-16-36(17-5-1)49-53-50(55-51(54-49)43-25-14-24-41-40-22-11-10-15-34(40)29-31-42(41)43)37-28-27-35-30-32-47-48(45(35)33-37)44-23-12-13-26-46(44)52(47,38-18-6-2-7-19-38)39-20-8-3-9-21-39/h1-33H. The third kappa shape index (κ3) is 4.80. The zero-order valence-corrected chi connectivity index (χ0v) is 29.9. The normalized spacial score (nSPS) is 12.9. The second-order valence-electron chi connectivity index (χ2n) is 14.3. The van der Waals surface area contributed by atoms with Gasteiger partial charge in [0.05, 0.1) is 5.41 Å². The van der Waals surface area contributed by atoms with Crippen LogP contribution in [0.1, 0.15) is 22.3 Å². The molecule has 9 aromatic carbocycles. The number of aromatic nitrogens is 3. The van der Waals surface area contributed by atoms with Gasteiger partial charge in [-0.2, -0.15) is 0 Å². The molecule has 1 aliphatic rings. The minimum Gasteiger partial charge on any atom is -0.208 e. The molecule has 1 aromatic heterocycles. The molecular weight excluding hydrogens is 667 g/mol. The smallest absolute Gasteiger partial charge is 0.164 e. The van der Waals surface area contributed by atoms with E-state index in [1.165, 1.54) is 60.3 Å². The number of hydrogen-bond acceptors (Lipinski definition) is 3. The van der Waals surface area contributed by atoms with Crippen LogP contribution in [0.15, 0.2) is 200 Å². The Morgan fingerprint density at radius 1 is 0.309 bits per heavy atom. The molecule has 0 radical (unpaired) electrons. The Morgan fingerprint density at radius 2 is 0.873 bits per heavy atom. The molecule has 55 heavy (non-hydrogen) atoms. The summed E-state index contributed by atoms with van der Waals surface area (Å²) in [7, 11) is 0. The molecule has 0 bridgehead atoms. The molecule has 0 N–H and O–H groups in total. The monoisotopic (exact) mass is 699 g/mol. The molecular formula is C52H33N3. The van der Waals surface area contributed by atoms with Gasteiger partial charge in [-0.1, -0.05) is 194 Å². The van der Waals surface area contributed by atoms with Crippen LogP contribution in [0, 0.1) is 0 Å². The molecule has 1 aliphatic carbocycles. The first-order valence-corrected chi connectivity index (χ1v) is 18.8. The lowest BCUT2D eigenvalue weighted by molar-refractivity contribution is 0.769. The first-order valence-electron chi connectivity index (χ1n) is 18.8. The first-order chi connectivity index (χ1) is 27.3. The maximum absolute atomic E-state index is 5.28. The highest BCUT2D eigenvalue weighted by Crippen LogP contribution is 2.57. The van der Waals surface area contributed by atoms with Gasteiger partial charge in [0, 0.05) is 16.7 Å². The number of rotatable bonds is 5. The predicted molar refractivity (Wildman–Crippen MR) is 226 cm³/mol. The van der Waals surface area contributed by atoms with E-state index in [0.717, 1.165) is 22.1 Å².